The summed E-state index contributed by atoms with van der Waals surface area (Å²) >= 11 is 0. The Bertz CT molecular complexity index is 449. The van der Waals surface area contributed by atoms with Gasteiger partial charge in [-0.2, -0.15) is 5.26 Å². The zero-order chi connectivity index (χ0) is 12.3. The maximum atomic E-state index is 12.2. The highest BCUT2D eigenvalue weighted by atomic mass is 16.2. The third-order valence-corrected chi connectivity index (χ3v) is 3.42. The molecule has 2 rings (SSSR count). The van der Waals surface area contributed by atoms with E-state index in [9.17, 15) is 4.79 Å². The number of hydrogen-bond acceptors (Lipinski definition) is 2. The van der Waals surface area contributed by atoms with Crippen molar-refractivity contribution in [3.63, 3.8) is 0 Å². The van der Waals surface area contributed by atoms with Gasteiger partial charge in [-0.1, -0.05) is 30.3 Å². The number of rotatable bonds is 3. The van der Waals surface area contributed by atoms with Gasteiger partial charge in [-0.25, -0.2) is 0 Å². The molecular weight excluding hydrogens is 212 g/mol. The van der Waals surface area contributed by atoms with E-state index in [1.807, 2.05) is 42.2 Å². The third-order valence-electron chi connectivity index (χ3n) is 3.42. The molecule has 1 aromatic carbocycles. The first-order chi connectivity index (χ1) is 8.15. The molecule has 1 aliphatic heterocycles. The van der Waals surface area contributed by atoms with Gasteiger partial charge >= 0.3 is 0 Å². The highest BCUT2D eigenvalue weighted by molar-refractivity contribution is 5.84. The van der Waals surface area contributed by atoms with Gasteiger partial charge in [0.05, 0.1) is 11.5 Å². The molecule has 0 saturated carbocycles. The number of nitriles is 1. The molecule has 0 radical (unpaired) electrons. The van der Waals surface area contributed by atoms with Crippen LogP contribution in [0.3, 0.4) is 0 Å². The number of carbonyl (C=O) groups is 1. The summed E-state index contributed by atoms with van der Waals surface area (Å²) in [6, 6.07) is 12.1. The van der Waals surface area contributed by atoms with E-state index in [-0.39, 0.29) is 5.91 Å². The van der Waals surface area contributed by atoms with Crippen LogP contribution in [0.5, 0.6) is 0 Å². The van der Waals surface area contributed by atoms with Gasteiger partial charge < -0.3 is 4.90 Å². The van der Waals surface area contributed by atoms with Crippen molar-refractivity contribution in [2.45, 2.75) is 26.3 Å². The fraction of sp³-hybridized carbons (Fsp3) is 0.429. The van der Waals surface area contributed by atoms with Crippen molar-refractivity contribution in [2.24, 2.45) is 5.41 Å². The minimum atomic E-state index is -0.469. The van der Waals surface area contributed by atoms with Crippen molar-refractivity contribution in [3.05, 3.63) is 35.9 Å². The van der Waals surface area contributed by atoms with Crippen LogP contribution < -0.4 is 0 Å². The quantitative estimate of drug-likeness (QED) is 0.797. The second-order valence-electron chi connectivity index (χ2n) is 4.86. The lowest BCUT2D eigenvalue weighted by Gasteiger charge is -2.21. The Balaban J connectivity index is 2.06. The average Bonchev–Trinajstić information content (AvgIpc) is 2.60. The maximum Gasteiger partial charge on any atom is 0.229 e. The van der Waals surface area contributed by atoms with Crippen LogP contribution in [0.1, 0.15) is 25.3 Å². The second-order valence-corrected chi connectivity index (χ2v) is 4.86. The summed E-state index contributed by atoms with van der Waals surface area (Å²) < 4.78 is 0. The van der Waals surface area contributed by atoms with E-state index in [0.29, 0.717) is 13.0 Å². The minimum Gasteiger partial charge on any atom is -0.338 e. The van der Waals surface area contributed by atoms with Crippen molar-refractivity contribution >= 4 is 5.91 Å². The molecule has 0 spiro atoms. The SMILES string of the molecule is CC1(CC#N)CCN(Cc2ccccc2)C1=O. The van der Waals surface area contributed by atoms with E-state index in [1.54, 1.807) is 0 Å². The van der Waals surface area contributed by atoms with Crippen LogP contribution in [0, 0.1) is 16.7 Å². The number of nitrogens with zero attached hydrogens (tertiary/aromatic N) is 2. The molecule has 1 heterocycles. The number of amides is 1. The van der Waals surface area contributed by atoms with Gasteiger partial charge in [0.25, 0.3) is 0 Å². The molecule has 3 heteroatoms. The predicted molar refractivity (Wildman–Crippen MR) is 64.8 cm³/mol. The maximum absolute atomic E-state index is 12.2. The van der Waals surface area contributed by atoms with E-state index >= 15 is 0 Å². The Morgan fingerprint density at radius 3 is 2.76 bits per heavy atom. The van der Waals surface area contributed by atoms with E-state index in [0.717, 1.165) is 18.5 Å². The second kappa shape index (κ2) is 4.58. The van der Waals surface area contributed by atoms with Crippen LogP contribution in [-0.4, -0.2) is 17.4 Å². The Kier molecular flexibility index (Phi) is 3.14. The van der Waals surface area contributed by atoms with Gasteiger partial charge in [-0.15, -0.1) is 0 Å². The monoisotopic (exact) mass is 228 g/mol. The summed E-state index contributed by atoms with van der Waals surface area (Å²) in [6.45, 7) is 3.30. The molecule has 1 unspecified atom stereocenters. The molecule has 0 aliphatic carbocycles. The molecule has 1 aromatic rings. The highest BCUT2D eigenvalue weighted by Crippen LogP contribution is 2.35. The first-order valence-electron chi connectivity index (χ1n) is 5.86. The topological polar surface area (TPSA) is 44.1 Å². The molecule has 1 aliphatic rings. The molecule has 0 aromatic heterocycles. The molecule has 1 atom stereocenters. The minimum absolute atomic E-state index is 0.114. The Morgan fingerprint density at radius 2 is 2.12 bits per heavy atom. The summed E-state index contributed by atoms with van der Waals surface area (Å²) in [5, 5.41) is 8.76. The number of carbonyl (C=O) groups excluding carboxylic acids is 1. The van der Waals surface area contributed by atoms with Crippen molar-refractivity contribution < 1.29 is 4.79 Å². The summed E-state index contributed by atoms with van der Waals surface area (Å²) in [7, 11) is 0. The predicted octanol–water partition coefficient (Wildman–Crippen LogP) is 2.34. The lowest BCUT2D eigenvalue weighted by atomic mass is 9.86. The number of benzene rings is 1. The summed E-state index contributed by atoms with van der Waals surface area (Å²) in [4.78, 5) is 14.1. The van der Waals surface area contributed by atoms with Crippen LogP contribution in [0.25, 0.3) is 0 Å². The molecule has 88 valence electrons. The lowest BCUT2D eigenvalue weighted by molar-refractivity contribution is -0.135. The van der Waals surface area contributed by atoms with E-state index in [2.05, 4.69) is 6.07 Å². The van der Waals surface area contributed by atoms with Gasteiger partial charge in [0.15, 0.2) is 0 Å². The fourth-order valence-electron chi connectivity index (χ4n) is 2.27. The number of hydrogen-bond donors (Lipinski definition) is 0. The first kappa shape index (κ1) is 11.7. The van der Waals surface area contributed by atoms with Crippen molar-refractivity contribution in [2.75, 3.05) is 6.54 Å². The molecule has 17 heavy (non-hydrogen) atoms. The summed E-state index contributed by atoms with van der Waals surface area (Å²) in [5.41, 5.74) is 0.672. The van der Waals surface area contributed by atoms with Crippen LogP contribution in [-0.2, 0) is 11.3 Å². The van der Waals surface area contributed by atoms with Gasteiger partial charge in [-0.3, -0.25) is 4.79 Å². The first-order valence-corrected chi connectivity index (χ1v) is 5.86. The Labute approximate surface area is 102 Å². The summed E-state index contributed by atoms with van der Waals surface area (Å²) in [6.07, 6.45) is 1.10. The van der Waals surface area contributed by atoms with E-state index in [1.165, 1.54) is 0 Å². The molecular formula is C14H16N2O. The van der Waals surface area contributed by atoms with Crippen molar-refractivity contribution in [3.8, 4) is 6.07 Å². The van der Waals surface area contributed by atoms with E-state index < -0.39 is 5.41 Å². The summed E-state index contributed by atoms with van der Waals surface area (Å²) in [5.74, 6) is 0.114. The van der Waals surface area contributed by atoms with Crippen LogP contribution in [0.2, 0.25) is 0 Å². The molecule has 0 N–H and O–H groups in total. The van der Waals surface area contributed by atoms with Crippen LogP contribution in [0.15, 0.2) is 30.3 Å². The molecule has 3 nitrogen and oxygen atoms in total. The molecule has 1 fully saturated rings. The molecule has 0 bridgehead atoms. The van der Waals surface area contributed by atoms with Crippen LogP contribution >= 0.6 is 0 Å². The van der Waals surface area contributed by atoms with Crippen LogP contribution in [0.4, 0.5) is 0 Å². The van der Waals surface area contributed by atoms with Crippen molar-refractivity contribution in [1.29, 1.82) is 5.26 Å². The van der Waals surface area contributed by atoms with Gasteiger partial charge in [-0.05, 0) is 18.9 Å². The average molecular weight is 228 g/mol. The smallest absolute Gasteiger partial charge is 0.229 e. The standard InChI is InChI=1S/C14H16N2O/c1-14(7-9-15)8-10-16(13(14)17)11-12-5-3-2-4-6-12/h2-6H,7-8,10-11H2,1H3. The molecule has 1 saturated heterocycles. The normalized spacial score (nSPS) is 23.8. The Morgan fingerprint density at radius 1 is 1.41 bits per heavy atom. The third kappa shape index (κ3) is 2.31. The van der Waals surface area contributed by atoms with E-state index in [4.69, 9.17) is 5.26 Å². The number of likely N-dealkylation sites (tertiary alicyclic amines) is 1. The molecule has 1 amide bonds. The zero-order valence-corrected chi connectivity index (χ0v) is 10.0. The van der Waals surface area contributed by atoms with Gasteiger partial charge in [0.2, 0.25) is 5.91 Å². The van der Waals surface area contributed by atoms with Gasteiger partial charge in [0.1, 0.15) is 0 Å². The zero-order valence-electron chi connectivity index (χ0n) is 10.0. The van der Waals surface area contributed by atoms with Gasteiger partial charge in [0, 0.05) is 19.5 Å². The largest absolute Gasteiger partial charge is 0.338 e. The lowest BCUT2D eigenvalue weighted by Crippen LogP contribution is -2.32. The Hall–Kier alpha value is -1.82. The van der Waals surface area contributed by atoms with Crippen molar-refractivity contribution in [1.82, 2.24) is 4.90 Å². The fourth-order valence-corrected chi connectivity index (χ4v) is 2.27. The highest BCUT2D eigenvalue weighted by Gasteiger charge is 2.42.